The Balaban J connectivity index is 5.19. The maximum Gasteiger partial charge on any atom is 0.321 e. The van der Waals surface area contributed by atoms with Crippen molar-refractivity contribution in [3.05, 3.63) is 0 Å². The number of nitrogens with zero attached hydrogens (tertiary/aromatic N) is 1. The van der Waals surface area contributed by atoms with Crippen molar-refractivity contribution in [1.29, 1.82) is 0 Å². The molecule has 0 rings (SSSR count). The first-order chi connectivity index (χ1) is 7.64. The quantitative estimate of drug-likeness (QED) is 0.539. The van der Waals surface area contributed by atoms with Crippen LogP contribution < -0.4 is 5.73 Å². The number of carbonyl (C=O) groups excluding carboxylic acids is 1. The molecule has 0 aliphatic carbocycles. The summed E-state index contributed by atoms with van der Waals surface area (Å²) in [6, 6.07) is -0.379. The van der Waals surface area contributed by atoms with Gasteiger partial charge in [0.1, 0.15) is 11.8 Å². The van der Waals surface area contributed by atoms with Crippen LogP contribution in [0.5, 0.6) is 0 Å². The standard InChI is InChI=1S/C9H18N2O4S2/c1-6(2)11(5-8(12)15-4)17(13,14)7(3)9(10)16/h6-7H,5H2,1-4H3,(H2,10,16). The highest BCUT2D eigenvalue weighted by Gasteiger charge is 2.34. The van der Waals surface area contributed by atoms with E-state index in [0.29, 0.717) is 0 Å². The minimum atomic E-state index is -3.74. The molecule has 0 amide bonds. The maximum atomic E-state index is 12.1. The Morgan fingerprint density at radius 3 is 2.18 bits per heavy atom. The zero-order valence-electron chi connectivity index (χ0n) is 10.3. The molecule has 0 radical (unpaired) electrons. The summed E-state index contributed by atoms with van der Waals surface area (Å²) in [4.78, 5) is 11.0. The van der Waals surface area contributed by atoms with Crippen molar-refractivity contribution in [1.82, 2.24) is 4.31 Å². The zero-order valence-corrected chi connectivity index (χ0v) is 12.0. The van der Waals surface area contributed by atoms with E-state index in [9.17, 15) is 13.2 Å². The number of nitrogens with two attached hydrogens (primary N) is 1. The summed E-state index contributed by atoms with van der Waals surface area (Å²) >= 11 is 4.67. The number of sulfonamides is 1. The van der Waals surface area contributed by atoms with E-state index in [2.05, 4.69) is 17.0 Å². The molecule has 0 heterocycles. The van der Waals surface area contributed by atoms with Crippen LogP contribution in [0.15, 0.2) is 0 Å². The topological polar surface area (TPSA) is 89.7 Å². The number of rotatable bonds is 6. The van der Waals surface area contributed by atoms with Crippen molar-refractivity contribution in [3.63, 3.8) is 0 Å². The van der Waals surface area contributed by atoms with Gasteiger partial charge in [-0.25, -0.2) is 8.42 Å². The van der Waals surface area contributed by atoms with Crippen LogP contribution in [0.1, 0.15) is 20.8 Å². The van der Waals surface area contributed by atoms with Crippen LogP contribution in [-0.2, 0) is 19.6 Å². The van der Waals surface area contributed by atoms with Gasteiger partial charge >= 0.3 is 5.97 Å². The van der Waals surface area contributed by atoms with Gasteiger partial charge in [-0.1, -0.05) is 12.2 Å². The SMILES string of the molecule is COC(=O)CN(C(C)C)S(=O)(=O)C(C)C(N)=S. The molecule has 100 valence electrons. The Bertz CT molecular complexity index is 392. The second kappa shape index (κ2) is 6.27. The fourth-order valence-corrected chi connectivity index (χ4v) is 3.05. The molecule has 0 aliphatic rings. The van der Waals surface area contributed by atoms with Crippen molar-refractivity contribution in [2.45, 2.75) is 32.1 Å². The number of hydrogen-bond donors (Lipinski definition) is 1. The van der Waals surface area contributed by atoms with E-state index in [1.165, 1.54) is 14.0 Å². The fraction of sp³-hybridized carbons (Fsp3) is 0.778. The monoisotopic (exact) mass is 282 g/mol. The van der Waals surface area contributed by atoms with Gasteiger partial charge in [-0.2, -0.15) is 4.31 Å². The summed E-state index contributed by atoms with van der Waals surface area (Å²) in [6.07, 6.45) is 0. The molecule has 0 fully saturated rings. The lowest BCUT2D eigenvalue weighted by atomic mass is 10.4. The molecular weight excluding hydrogens is 264 g/mol. The first-order valence-electron chi connectivity index (χ1n) is 5.01. The normalized spacial score (nSPS) is 13.8. The minimum absolute atomic E-state index is 0.125. The number of esters is 1. The third-order valence-corrected chi connectivity index (χ3v) is 5.12. The maximum absolute atomic E-state index is 12.1. The van der Waals surface area contributed by atoms with Gasteiger partial charge in [-0.3, -0.25) is 4.79 Å². The van der Waals surface area contributed by atoms with Gasteiger partial charge in [0, 0.05) is 6.04 Å². The summed E-state index contributed by atoms with van der Waals surface area (Å²) in [5.41, 5.74) is 5.33. The predicted octanol–water partition coefficient (Wildman–Crippen LogP) is -0.126. The molecule has 6 nitrogen and oxygen atoms in total. The van der Waals surface area contributed by atoms with Gasteiger partial charge in [-0.05, 0) is 20.8 Å². The molecular formula is C9H18N2O4S2. The Hall–Kier alpha value is -0.730. The van der Waals surface area contributed by atoms with Crippen LogP contribution in [0, 0.1) is 0 Å². The third-order valence-electron chi connectivity index (χ3n) is 2.26. The Morgan fingerprint density at radius 2 is 1.88 bits per heavy atom. The average Bonchev–Trinajstić information content (AvgIpc) is 2.23. The molecule has 0 aromatic heterocycles. The van der Waals surface area contributed by atoms with Crippen LogP contribution in [0.4, 0.5) is 0 Å². The van der Waals surface area contributed by atoms with E-state index in [4.69, 9.17) is 5.73 Å². The van der Waals surface area contributed by atoms with E-state index in [-0.39, 0.29) is 17.6 Å². The molecule has 17 heavy (non-hydrogen) atoms. The number of hydrogen-bond acceptors (Lipinski definition) is 5. The van der Waals surface area contributed by atoms with Crippen molar-refractivity contribution in [3.8, 4) is 0 Å². The lowest BCUT2D eigenvalue weighted by molar-refractivity contribution is -0.141. The van der Waals surface area contributed by atoms with E-state index >= 15 is 0 Å². The second-order valence-electron chi connectivity index (χ2n) is 3.80. The van der Waals surface area contributed by atoms with Gasteiger partial charge in [0.2, 0.25) is 10.0 Å². The smallest absolute Gasteiger partial charge is 0.321 e. The molecule has 0 aromatic rings. The van der Waals surface area contributed by atoms with Crippen LogP contribution in [0.3, 0.4) is 0 Å². The fourth-order valence-electron chi connectivity index (χ4n) is 1.11. The van der Waals surface area contributed by atoms with Crippen LogP contribution in [-0.4, -0.2) is 48.6 Å². The second-order valence-corrected chi connectivity index (χ2v) is 6.48. The molecule has 0 spiro atoms. The molecule has 2 N–H and O–H groups in total. The Morgan fingerprint density at radius 1 is 1.41 bits per heavy atom. The molecule has 0 saturated heterocycles. The van der Waals surface area contributed by atoms with E-state index < -0.39 is 21.2 Å². The lowest BCUT2D eigenvalue weighted by Gasteiger charge is -2.27. The summed E-state index contributed by atoms with van der Waals surface area (Å²) in [5.74, 6) is -0.627. The molecule has 0 bridgehead atoms. The van der Waals surface area contributed by atoms with E-state index in [0.717, 1.165) is 4.31 Å². The largest absolute Gasteiger partial charge is 0.468 e. The molecule has 1 atom stereocenters. The minimum Gasteiger partial charge on any atom is -0.468 e. The Labute approximate surface area is 107 Å². The summed E-state index contributed by atoms with van der Waals surface area (Å²) < 4.78 is 29.7. The van der Waals surface area contributed by atoms with Crippen molar-refractivity contribution in [2.75, 3.05) is 13.7 Å². The van der Waals surface area contributed by atoms with Crippen molar-refractivity contribution >= 4 is 33.2 Å². The zero-order chi connectivity index (χ0) is 13.8. The van der Waals surface area contributed by atoms with Gasteiger partial charge in [0.05, 0.1) is 12.1 Å². The summed E-state index contributed by atoms with van der Waals surface area (Å²) in [6.45, 7) is 4.37. The molecule has 0 saturated carbocycles. The van der Waals surface area contributed by atoms with Crippen LogP contribution in [0.25, 0.3) is 0 Å². The van der Waals surface area contributed by atoms with Crippen molar-refractivity contribution < 1.29 is 17.9 Å². The van der Waals surface area contributed by atoms with Gasteiger partial charge < -0.3 is 10.5 Å². The summed E-state index contributed by atoms with van der Waals surface area (Å²) in [5, 5.41) is -1.01. The Kier molecular flexibility index (Phi) is 6.00. The van der Waals surface area contributed by atoms with Crippen LogP contribution in [0.2, 0.25) is 0 Å². The molecule has 1 unspecified atom stereocenters. The van der Waals surface area contributed by atoms with Gasteiger partial charge in [0.15, 0.2) is 0 Å². The number of thiocarbonyl (C=S) groups is 1. The number of methoxy groups -OCH3 is 1. The first-order valence-corrected chi connectivity index (χ1v) is 6.92. The lowest BCUT2D eigenvalue weighted by Crippen LogP contribution is -2.48. The predicted molar refractivity (Wildman–Crippen MR) is 69.0 cm³/mol. The van der Waals surface area contributed by atoms with E-state index in [1.807, 2.05) is 0 Å². The highest BCUT2D eigenvalue weighted by Crippen LogP contribution is 2.13. The van der Waals surface area contributed by atoms with E-state index in [1.54, 1.807) is 13.8 Å². The molecule has 0 aromatic carbocycles. The highest BCUT2D eigenvalue weighted by atomic mass is 32.2. The molecule has 0 aliphatic heterocycles. The molecule has 8 heteroatoms. The number of ether oxygens (including phenoxy) is 1. The third kappa shape index (κ3) is 4.21. The van der Waals surface area contributed by atoms with Crippen LogP contribution >= 0.6 is 12.2 Å². The van der Waals surface area contributed by atoms with Gasteiger partial charge in [0.25, 0.3) is 0 Å². The number of carbonyl (C=O) groups is 1. The van der Waals surface area contributed by atoms with Crippen molar-refractivity contribution in [2.24, 2.45) is 5.73 Å². The average molecular weight is 282 g/mol. The van der Waals surface area contributed by atoms with Gasteiger partial charge in [-0.15, -0.1) is 0 Å². The highest BCUT2D eigenvalue weighted by molar-refractivity contribution is 7.92. The summed E-state index contributed by atoms with van der Waals surface area (Å²) in [7, 11) is -2.54. The first kappa shape index (κ1) is 16.3.